The van der Waals surface area contributed by atoms with Crippen molar-refractivity contribution in [2.45, 2.75) is 31.5 Å². The van der Waals surface area contributed by atoms with Gasteiger partial charge in [0.2, 0.25) is 0 Å². The molecule has 2 unspecified atom stereocenters. The number of methoxy groups -OCH3 is 1. The lowest BCUT2D eigenvalue weighted by atomic mass is 9.92. The van der Waals surface area contributed by atoms with Crippen LogP contribution in [0.1, 0.15) is 30.0 Å². The Hall–Kier alpha value is -2.82. The van der Waals surface area contributed by atoms with Crippen LogP contribution in [0.5, 0.6) is 17.2 Å². The van der Waals surface area contributed by atoms with E-state index in [1.54, 1.807) is 7.11 Å². The van der Waals surface area contributed by atoms with E-state index in [1.807, 2.05) is 36.4 Å². The maximum absolute atomic E-state index is 6.01. The Morgan fingerprint density at radius 2 is 1.69 bits per heavy atom. The molecule has 29 heavy (non-hydrogen) atoms. The first kappa shape index (κ1) is 19.5. The Labute approximate surface area is 172 Å². The number of hydrogen-bond donors (Lipinski definition) is 2. The Morgan fingerprint density at radius 3 is 2.48 bits per heavy atom. The van der Waals surface area contributed by atoms with E-state index < -0.39 is 0 Å². The van der Waals surface area contributed by atoms with E-state index in [0.717, 1.165) is 30.3 Å². The van der Waals surface area contributed by atoms with Crippen LogP contribution in [-0.2, 0) is 6.54 Å². The summed E-state index contributed by atoms with van der Waals surface area (Å²) in [5.74, 6) is 2.47. The van der Waals surface area contributed by atoms with Crippen molar-refractivity contribution in [1.29, 1.82) is 0 Å². The summed E-state index contributed by atoms with van der Waals surface area (Å²) in [6, 6.07) is 27.4. The van der Waals surface area contributed by atoms with Crippen LogP contribution < -0.4 is 20.1 Å². The molecule has 1 heterocycles. The summed E-state index contributed by atoms with van der Waals surface area (Å²) in [6.45, 7) is 1.89. The van der Waals surface area contributed by atoms with Gasteiger partial charge < -0.3 is 20.1 Å². The van der Waals surface area contributed by atoms with E-state index in [4.69, 9.17) is 9.47 Å². The predicted molar refractivity (Wildman–Crippen MR) is 117 cm³/mol. The molecular weight excluding hydrogens is 360 g/mol. The molecular formula is C25H28N2O2. The number of piperidine rings is 1. The van der Waals surface area contributed by atoms with E-state index >= 15 is 0 Å². The Bertz CT molecular complexity index is 896. The lowest BCUT2D eigenvalue weighted by Crippen LogP contribution is -2.45. The molecule has 1 aliphatic rings. The van der Waals surface area contributed by atoms with Gasteiger partial charge in [-0.3, -0.25) is 0 Å². The van der Waals surface area contributed by atoms with E-state index in [2.05, 4.69) is 53.1 Å². The van der Waals surface area contributed by atoms with Crippen LogP contribution in [0.2, 0.25) is 0 Å². The number of hydrogen-bond acceptors (Lipinski definition) is 4. The summed E-state index contributed by atoms with van der Waals surface area (Å²) in [5.41, 5.74) is 2.56. The summed E-state index contributed by atoms with van der Waals surface area (Å²) < 4.78 is 11.2. The number of ether oxygens (including phenoxy) is 2. The highest BCUT2D eigenvalue weighted by Gasteiger charge is 2.25. The van der Waals surface area contributed by atoms with Crippen LogP contribution in [-0.4, -0.2) is 19.7 Å². The van der Waals surface area contributed by atoms with Crippen molar-refractivity contribution in [3.8, 4) is 17.2 Å². The van der Waals surface area contributed by atoms with Gasteiger partial charge in [0.05, 0.1) is 7.11 Å². The molecule has 0 bridgehead atoms. The number of rotatable bonds is 7. The molecule has 0 amide bonds. The standard InChI is InChI=1S/C25H28N2O2/c1-28-21-12-14-22(15-13-21)29-23-10-5-7-19(17-23)18-27-24-11-6-16-26-25(24)20-8-3-2-4-9-20/h2-5,7-10,12-15,17,24-27H,6,11,16,18H2,1H3. The third kappa shape index (κ3) is 5.17. The van der Waals surface area contributed by atoms with Gasteiger partial charge in [-0.2, -0.15) is 0 Å². The van der Waals surface area contributed by atoms with Gasteiger partial charge in [0.25, 0.3) is 0 Å². The molecule has 2 N–H and O–H groups in total. The molecule has 0 aromatic heterocycles. The Kier molecular flexibility index (Phi) is 6.45. The lowest BCUT2D eigenvalue weighted by Gasteiger charge is -2.34. The first-order valence-electron chi connectivity index (χ1n) is 10.2. The smallest absolute Gasteiger partial charge is 0.127 e. The van der Waals surface area contributed by atoms with Crippen molar-refractivity contribution in [2.75, 3.05) is 13.7 Å². The largest absolute Gasteiger partial charge is 0.497 e. The molecule has 0 saturated carbocycles. The van der Waals surface area contributed by atoms with Crippen LogP contribution >= 0.6 is 0 Å². The van der Waals surface area contributed by atoms with Gasteiger partial charge in [-0.1, -0.05) is 42.5 Å². The average molecular weight is 389 g/mol. The molecule has 4 nitrogen and oxygen atoms in total. The minimum atomic E-state index is 0.351. The van der Waals surface area contributed by atoms with Gasteiger partial charge in [-0.25, -0.2) is 0 Å². The quantitative estimate of drug-likeness (QED) is 0.593. The minimum absolute atomic E-state index is 0.351. The van der Waals surface area contributed by atoms with E-state index in [9.17, 15) is 0 Å². The molecule has 0 aliphatic carbocycles. The van der Waals surface area contributed by atoms with Crippen LogP contribution in [0.15, 0.2) is 78.9 Å². The van der Waals surface area contributed by atoms with Crippen molar-refractivity contribution in [1.82, 2.24) is 10.6 Å². The van der Waals surface area contributed by atoms with E-state index in [0.29, 0.717) is 12.1 Å². The van der Waals surface area contributed by atoms with Gasteiger partial charge in [0, 0.05) is 18.6 Å². The highest BCUT2D eigenvalue weighted by molar-refractivity contribution is 5.37. The van der Waals surface area contributed by atoms with Gasteiger partial charge >= 0.3 is 0 Å². The topological polar surface area (TPSA) is 42.5 Å². The maximum Gasteiger partial charge on any atom is 0.127 e. The summed E-state index contributed by atoms with van der Waals surface area (Å²) in [5, 5.41) is 7.44. The zero-order valence-electron chi connectivity index (χ0n) is 16.8. The summed E-state index contributed by atoms with van der Waals surface area (Å²) in [7, 11) is 1.66. The fourth-order valence-corrected chi connectivity index (χ4v) is 3.87. The van der Waals surface area contributed by atoms with Crippen LogP contribution in [0.25, 0.3) is 0 Å². The third-order valence-corrected chi connectivity index (χ3v) is 5.38. The second-order valence-electron chi connectivity index (χ2n) is 7.40. The highest BCUT2D eigenvalue weighted by atomic mass is 16.5. The van der Waals surface area contributed by atoms with Crippen molar-refractivity contribution >= 4 is 0 Å². The zero-order chi connectivity index (χ0) is 19.9. The van der Waals surface area contributed by atoms with Gasteiger partial charge in [-0.05, 0) is 66.9 Å². The molecule has 1 fully saturated rings. The average Bonchev–Trinajstić information content (AvgIpc) is 2.79. The number of nitrogens with one attached hydrogen (secondary N) is 2. The fraction of sp³-hybridized carbons (Fsp3) is 0.280. The molecule has 150 valence electrons. The first-order chi connectivity index (χ1) is 14.3. The molecule has 3 aromatic rings. The molecule has 4 rings (SSSR count). The third-order valence-electron chi connectivity index (χ3n) is 5.38. The SMILES string of the molecule is COc1ccc(Oc2cccc(CNC3CCCNC3c3ccccc3)c2)cc1. The van der Waals surface area contributed by atoms with Crippen molar-refractivity contribution < 1.29 is 9.47 Å². The molecule has 1 saturated heterocycles. The van der Waals surface area contributed by atoms with E-state index in [1.165, 1.54) is 24.0 Å². The minimum Gasteiger partial charge on any atom is -0.497 e. The van der Waals surface area contributed by atoms with E-state index in [-0.39, 0.29) is 0 Å². The fourth-order valence-electron chi connectivity index (χ4n) is 3.87. The molecule has 4 heteroatoms. The Morgan fingerprint density at radius 1 is 0.897 bits per heavy atom. The summed E-state index contributed by atoms with van der Waals surface area (Å²) in [4.78, 5) is 0. The van der Waals surface area contributed by atoms with Crippen LogP contribution in [0.4, 0.5) is 0 Å². The van der Waals surface area contributed by atoms with Crippen LogP contribution in [0.3, 0.4) is 0 Å². The first-order valence-corrected chi connectivity index (χ1v) is 10.2. The van der Waals surface area contributed by atoms with Gasteiger partial charge in [0.15, 0.2) is 0 Å². The molecule has 2 atom stereocenters. The molecule has 0 spiro atoms. The second kappa shape index (κ2) is 9.59. The maximum atomic E-state index is 6.01. The van der Waals surface area contributed by atoms with Crippen molar-refractivity contribution in [2.24, 2.45) is 0 Å². The normalized spacial score (nSPS) is 18.9. The summed E-state index contributed by atoms with van der Waals surface area (Å²) >= 11 is 0. The second-order valence-corrected chi connectivity index (χ2v) is 7.40. The van der Waals surface area contributed by atoms with Crippen molar-refractivity contribution in [3.05, 3.63) is 90.0 Å². The zero-order valence-corrected chi connectivity index (χ0v) is 16.8. The molecule has 3 aromatic carbocycles. The van der Waals surface area contributed by atoms with Gasteiger partial charge in [-0.15, -0.1) is 0 Å². The Balaban J connectivity index is 1.39. The summed E-state index contributed by atoms with van der Waals surface area (Å²) in [6.07, 6.45) is 2.37. The lowest BCUT2D eigenvalue weighted by molar-refractivity contribution is 0.304. The monoisotopic (exact) mass is 388 g/mol. The van der Waals surface area contributed by atoms with Crippen molar-refractivity contribution in [3.63, 3.8) is 0 Å². The van der Waals surface area contributed by atoms with Crippen LogP contribution in [0, 0.1) is 0 Å². The molecule has 0 radical (unpaired) electrons. The van der Waals surface area contributed by atoms with Gasteiger partial charge in [0.1, 0.15) is 17.2 Å². The molecule has 1 aliphatic heterocycles. The number of benzene rings is 3. The predicted octanol–water partition coefficient (Wildman–Crippen LogP) is 5.07. The highest BCUT2D eigenvalue weighted by Crippen LogP contribution is 2.26.